The van der Waals surface area contributed by atoms with E-state index in [1.54, 1.807) is 0 Å². The highest BCUT2D eigenvalue weighted by molar-refractivity contribution is 5.32. The van der Waals surface area contributed by atoms with E-state index < -0.39 is 0 Å². The van der Waals surface area contributed by atoms with Crippen LogP contribution in [-0.4, -0.2) is 18.0 Å². The third-order valence-electron chi connectivity index (χ3n) is 6.03. The fraction of sp³-hybridized carbons (Fsp3) is 0.308. The molecule has 0 spiro atoms. The summed E-state index contributed by atoms with van der Waals surface area (Å²) in [6, 6.07) is 31.1. The Bertz CT molecular complexity index is 795. The van der Waals surface area contributed by atoms with Gasteiger partial charge in [0.05, 0.1) is 6.04 Å². The molecule has 0 unspecified atom stereocenters. The number of hydrogen-bond donors (Lipinski definition) is 1. The minimum Gasteiger partial charge on any atom is -0.326 e. The number of benzene rings is 3. The van der Waals surface area contributed by atoms with Crippen molar-refractivity contribution in [2.45, 2.75) is 31.8 Å². The molecule has 0 radical (unpaired) electrons. The first-order chi connectivity index (χ1) is 13.8. The van der Waals surface area contributed by atoms with E-state index in [-0.39, 0.29) is 0 Å². The molecule has 1 aliphatic rings. The lowest BCUT2D eigenvalue weighted by molar-refractivity contribution is 0.151. The van der Waals surface area contributed by atoms with E-state index in [2.05, 4.69) is 89.8 Å². The molecule has 2 nitrogen and oxygen atoms in total. The topological polar surface area (TPSA) is 29.3 Å². The number of likely N-dealkylation sites (tertiary alicyclic amines) is 1. The summed E-state index contributed by atoms with van der Waals surface area (Å²) in [5, 5.41) is 0. The summed E-state index contributed by atoms with van der Waals surface area (Å²) in [5.41, 5.74) is 11.2. The molecule has 1 heterocycles. The monoisotopic (exact) mass is 370 g/mol. The van der Waals surface area contributed by atoms with Crippen LogP contribution in [0.2, 0.25) is 0 Å². The van der Waals surface area contributed by atoms with Crippen molar-refractivity contribution >= 4 is 0 Å². The first kappa shape index (κ1) is 18.9. The molecule has 0 atom stereocenters. The number of rotatable bonds is 6. The molecule has 0 saturated carbocycles. The molecule has 4 rings (SSSR count). The fourth-order valence-corrected chi connectivity index (χ4v) is 4.44. The van der Waals surface area contributed by atoms with Crippen molar-refractivity contribution in [2.75, 3.05) is 13.1 Å². The van der Waals surface area contributed by atoms with Gasteiger partial charge in [0.15, 0.2) is 0 Å². The van der Waals surface area contributed by atoms with Gasteiger partial charge in [0.1, 0.15) is 0 Å². The first-order valence-electron chi connectivity index (χ1n) is 10.5. The summed E-state index contributed by atoms with van der Waals surface area (Å²) in [5.74, 6) is 0.771. The van der Waals surface area contributed by atoms with Crippen LogP contribution >= 0.6 is 0 Å². The lowest BCUT2D eigenvalue weighted by Crippen LogP contribution is -2.37. The second-order valence-electron chi connectivity index (χ2n) is 7.93. The zero-order valence-electron chi connectivity index (χ0n) is 16.5. The molecule has 0 amide bonds. The van der Waals surface area contributed by atoms with Crippen LogP contribution < -0.4 is 5.73 Å². The van der Waals surface area contributed by atoms with Crippen LogP contribution in [0.25, 0.3) is 0 Å². The van der Waals surface area contributed by atoms with Gasteiger partial charge < -0.3 is 5.73 Å². The third-order valence-corrected chi connectivity index (χ3v) is 6.03. The maximum Gasteiger partial charge on any atom is 0.0601 e. The predicted molar refractivity (Wildman–Crippen MR) is 117 cm³/mol. The lowest BCUT2D eigenvalue weighted by atomic mass is 9.87. The Hall–Kier alpha value is -2.42. The van der Waals surface area contributed by atoms with Gasteiger partial charge in [-0.2, -0.15) is 0 Å². The Kier molecular flexibility index (Phi) is 6.20. The molecular formula is C26H30N2. The Balaban J connectivity index is 1.44. The van der Waals surface area contributed by atoms with Crippen molar-refractivity contribution in [3.05, 3.63) is 107 Å². The minimum absolute atomic E-state index is 0.354. The van der Waals surface area contributed by atoms with Gasteiger partial charge in [-0.3, -0.25) is 4.90 Å². The minimum atomic E-state index is 0.354. The van der Waals surface area contributed by atoms with E-state index in [4.69, 9.17) is 5.73 Å². The van der Waals surface area contributed by atoms with Crippen molar-refractivity contribution in [3.63, 3.8) is 0 Å². The summed E-state index contributed by atoms with van der Waals surface area (Å²) in [7, 11) is 0. The average Bonchev–Trinajstić information content (AvgIpc) is 2.77. The zero-order chi connectivity index (χ0) is 19.2. The highest BCUT2D eigenvalue weighted by Crippen LogP contribution is 2.33. The first-order valence-corrected chi connectivity index (χ1v) is 10.5. The van der Waals surface area contributed by atoms with Crippen molar-refractivity contribution in [1.29, 1.82) is 0 Å². The van der Waals surface area contributed by atoms with Crippen molar-refractivity contribution in [1.82, 2.24) is 4.90 Å². The number of piperidine rings is 1. The number of nitrogens with zero attached hydrogens (tertiary/aromatic N) is 1. The number of nitrogens with two attached hydrogens (primary N) is 1. The molecule has 0 aromatic heterocycles. The van der Waals surface area contributed by atoms with Crippen LogP contribution in [0.3, 0.4) is 0 Å². The molecule has 0 bridgehead atoms. The van der Waals surface area contributed by atoms with Crippen LogP contribution in [0.4, 0.5) is 0 Å². The van der Waals surface area contributed by atoms with E-state index in [0.717, 1.165) is 19.0 Å². The SMILES string of the molecule is NCc1ccc(CC2CCN(C(c3ccccc3)c3ccccc3)CC2)cc1. The summed E-state index contributed by atoms with van der Waals surface area (Å²) in [6.45, 7) is 2.93. The summed E-state index contributed by atoms with van der Waals surface area (Å²) < 4.78 is 0. The van der Waals surface area contributed by atoms with Crippen LogP contribution in [0.5, 0.6) is 0 Å². The quantitative estimate of drug-likeness (QED) is 0.647. The molecule has 1 fully saturated rings. The normalized spacial score (nSPS) is 15.8. The van der Waals surface area contributed by atoms with Crippen molar-refractivity contribution in [3.8, 4) is 0 Å². The van der Waals surface area contributed by atoms with Crippen LogP contribution in [0.1, 0.15) is 41.1 Å². The van der Waals surface area contributed by atoms with Gasteiger partial charge in [0, 0.05) is 6.54 Å². The molecule has 1 aliphatic heterocycles. The summed E-state index contributed by atoms with van der Waals surface area (Å²) in [6.07, 6.45) is 3.70. The largest absolute Gasteiger partial charge is 0.326 e. The molecule has 144 valence electrons. The molecule has 3 aromatic carbocycles. The van der Waals surface area contributed by atoms with Crippen molar-refractivity contribution in [2.24, 2.45) is 11.7 Å². The molecule has 0 aliphatic carbocycles. The molecule has 28 heavy (non-hydrogen) atoms. The highest BCUT2D eigenvalue weighted by Gasteiger charge is 2.27. The van der Waals surface area contributed by atoms with Gasteiger partial charge in [0.25, 0.3) is 0 Å². The van der Waals surface area contributed by atoms with Crippen LogP contribution in [-0.2, 0) is 13.0 Å². The molecular weight excluding hydrogens is 340 g/mol. The Morgan fingerprint density at radius 1 is 0.714 bits per heavy atom. The smallest absolute Gasteiger partial charge is 0.0601 e. The second-order valence-corrected chi connectivity index (χ2v) is 7.93. The Morgan fingerprint density at radius 2 is 1.21 bits per heavy atom. The summed E-state index contributed by atoms with van der Waals surface area (Å²) in [4.78, 5) is 2.67. The maximum absolute atomic E-state index is 5.72. The van der Waals surface area contributed by atoms with E-state index in [0.29, 0.717) is 12.6 Å². The lowest BCUT2D eigenvalue weighted by Gasteiger charge is -2.38. The van der Waals surface area contributed by atoms with Gasteiger partial charge in [0.2, 0.25) is 0 Å². The molecule has 3 aromatic rings. The average molecular weight is 371 g/mol. The van der Waals surface area contributed by atoms with Gasteiger partial charge in [-0.05, 0) is 60.5 Å². The standard InChI is InChI=1S/C26H30N2/c27-20-23-13-11-21(12-14-23)19-22-15-17-28(18-16-22)26(24-7-3-1-4-8-24)25-9-5-2-6-10-25/h1-14,22,26H,15-20,27H2. The predicted octanol–water partition coefficient (Wildman–Crippen LogP) is 5.19. The van der Waals surface area contributed by atoms with Gasteiger partial charge in [-0.15, -0.1) is 0 Å². The van der Waals surface area contributed by atoms with E-state index in [1.165, 1.54) is 41.5 Å². The van der Waals surface area contributed by atoms with Gasteiger partial charge >= 0.3 is 0 Å². The van der Waals surface area contributed by atoms with E-state index in [9.17, 15) is 0 Å². The third kappa shape index (κ3) is 4.52. The second kappa shape index (κ2) is 9.18. The van der Waals surface area contributed by atoms with E-state index in [1.807, 2.05) is 0 Å². The Morgan fingerprint density at radius 3 is 1.71 bits per heavy atom. The molecule has 2 N–H and O–H groups in total. The van der Waals surface area contributed by atoms with Gasteiger partial charge in [-0.1, -0.05) is 84.9 Å². The fourth-order valence-electron chi connectivity index (χ4n) is 4.44. The highest BCUT2D eigenvalue weighted by atomic mass is 15.2. The maximum atomic E-state index is 5.72. The van der Waals surface area contributed by atoms with E-state index >= 15 is 0 Å². The Labute approximate surface area is 169 Å². The molecule has 2 heteroatoms. The van der Waals surface area contributed by atoms with Gasteiger partial charge in [-0.25, -0.2) is 0 Å². The van der Waals surface area contributed by atoms with Crippen LogP contribution in [0, 0.1) is 5.92 Å². The van der Waals surface area contributed by atoms with Crippen LogP contribution in [0.15, 0.2) is 84.9 Å². The molecule has 1 saturated heterocycles. The summed E-state index contributed by atoms with van der Waals surface area (Å²) >= 11 is 0. The zero-order valence-corrected chi connectivity index (χ0v) is 16.5. The number of hydrogen-bond acceptors (Lipinski definition) is 2. The van der Waals surface area contributed by atoms with Crippen molar-refractivity contribution < 1.29 is 0 Å².